The molecule has 25 heavy (non-hydrogen) atoms. The second-order valence-corrected chi connectivity index (χ2v) is 6.96. The van der Waals surface area contributed by atoms with E-state index in [0.717, 1.165) is 6.07 Å². The van der Waals surface area contributed by atoms with Crippen molar-refractivity contribution in [3.8, 4) is 0 Å². The summed E-state index contributed by atoms with van der Waals surface area (Å²) in [4.78, 5) is 12.2. The van der Waals surface area contributed by atoms with Crippen LogP contribution in [0.1, 0.15) is 37.8 Å². The molecule has 0 spiro atoms. The van der Waals surface area contributed by atoms with Crippen molar-refractivity contribution in [2.75, 3.05) is 19.8 Å². The summed E-state index contributed by atoms with van der Waals surface area (Å²) in [6, 6.07) is 4.70. The summed E-state index contributed by atoms with van der Waals surface area (Å²) in [6.45, 7) is 4.84. The number of benzene rings is 1. The number of halogens is 3. The predicted octanol–water partition coefficient (Wildman–Crippen LogP) is 2.85. The van der Waals surface area contributed by atoms with E-state index >= 15 is 0 Å². The van der Waals surface area contributed by atoms with Crippen molar-refractivity contribution in [1.82, 2.24) is 5.32 Å². The van der Waals surface area contributed by atoms with Gasteiger partial charge in [0, 0.05) is 25.2 Å². The Kier molecular flexibility index (Phi) is 6.11. The molecule has 1 atom stereocenters. The fourth-order valence-corrected chi connectivity index (χ4v) is 3.03. The molecule has 0 aromatic heterocycles. The van der Waals surface area contributed by atoms with Gasteiger partial charge in [-0.1, -0.05) is 32.0 Å². The molecule has 0 saturated carbocycles. The topological polar surface area (TPSA) is 64.4 Å². The van der Waals surface area contributed by atoms with E-state index in [9.17, 15) is 18.0 Å². The molecule has 0 aliphatic carbocycles. The number of alkyl halides is 3. The lowest BCUT2D eigenvalue weighted by Crippen LogP contribution is -2.50. The molecule has 0 bridgehead atoms. The van der Waals surface area contributed by atoms with E-state index in [2.05, 4.69) is 5.32 Å². The third-order valence-corrected chi connectivity index (χ3v) is 4.87. The first-order chi connectivity index (χ1) is 11.7. The second-order valence-electron chi connectivity index (χ2n) is 6.96. The Morgan fingerprint density at radius 1 is 1.32 bits per heavy atom. The van der Waals surface area contributed by atoms with Gasteiger partial charge in [0.1, 0.15) is 0 Å². The van der Waals surface area contributed by atoms with Gasteiger partial charge in [-0.05, 0) is 30.4 Å². The van der Waals surface area contributed by atoms with Crippen molar-refractivity contribution in [2.24, 2.45) is 11.7 Å². The Hall–Kier alpha value is -1.60. The monoisotopic (exact) mass is 358 g/mol. The maximum atomic E-state index is 13.1. The van der Waals surface area contributed by atoms with E-state index in [1.54, 1.807) is 6.07 Å². The Morgan fingerprint density at radius 2 is 1.96 bits per heavy atom. The van der Waals surface area contributed by atoms with Gasteiger partial charge in [0.15, 0.2) is 0 Å². The van der Waals surface area contributed by atoms with E-state index in [1.807, 2.05) is 13.8 Å². The Balaban J connectivity index is 2.25. The summed E-state index contributed by atoms with van der Waals surface area (Å²) in [5, 5.41) is 2.83. The van der Waals surface area contributed by atoms with Crippen LogP contribution in [-0.4, -0.2) is 31.7 Å². The minimum absolute atomic E-state index is 0.0146. The van der Waals surface area contributed by atoms with Gasteiger partial charge in [-0.2, -0.15) is 13.2 Å². The molecule has 1 heterocycles. The summed E-state index contributed by atoms with van der Waals surface area (Å²) >= 11 is 0. The average molecular weight is 358 g/mol. The fourth-order valence-electron chi connectivity index (χ4n) is 3.03. The zero-order valence-corrected chi connectivity index (χ0v) is 14.5. The highest BCUT2D eigenvalue weighted by atomic mass is 19.4. The van der Waals surface area contributed by atoms with E-state index in [1.165, 1.54) is 12.1 Å². The third-order valence-electron chi connectivity index (χ3n) is 4.87. The average Bonchev–Trinajstić information content (AvgIpc) is 2.59. The summed E-state index contributed by atoms with van der Waals surface area (Å²) in [5.41, 5.74) is 5.17. The van der Waals surface area contributed by atoms with Crippen LogP contribution in [0.5, 0.6) is 0 Å². The summed E-state index contributed by atoms with van der Waals surface area (Å²) in [7, 11) is 0. The fraction of sp³-hybridized carbons (Fsp3) is 0.611. The molecule has 7 heteroatoms. The molecule has 140 valence electrons. The van der Waals surface area contributed by atoms with Gasteiger partial charge in [0.2, 0.25) is 5.91 Å². The normalized spacial score (nSPS) is 18.8. The quantitative estimate of drug-likeness (QED) is 0.851. The number of ether oxygens (including phenoxy) is 1. The van der Waals surface area contributed by atoms with Crippen molar-refractivity contribution in [3.05, 3.63) is 35.4 Å². The van der Waals surface area contributed by atoms with E-state index in [4.69, 9.17) is 10.5 Å². The first-order valence-corrected chi connectivity index (χ1v) is 8.44. The zero-order valence-electron chi connectivity index (χ0n) is 14.5. The van der Waals surface area contributed by atoms with E-state index in [0.29, 0.717) is 31.6 Å². The minimum Gasteiger partial charge on any atom is -0.381 e. The lowest BCUT2D eigenvalue weighted by atomic mass is 9.73. The van der Waals surface area contributed by atoms with Crippen LogP contribution in [0.25, 0.3) is 0 Å². The van der Waals surface area contributed by atoms with Gasteiger partial charge < -0.3 is 15.8 Å². The van der Waals surface area contributed by atoms with Crippen molar-refractivity contribution < 1.29 is 22.7 Å². The first-order valence-electron chi connectivity index (χ1n) is 8.44. The molecule has 0 unspecified atom stereocenters. The van der Waals surface area contributed by atoms with Crippen molar-refractivity contribution in [3.63, 3.8) is 0 Å². The van der Waals surface area contributed by atoms with Gasteiger partial charge in [0.05, 0.1) is 11.6 Å². The second kappa shape index (κ2) is 7.74. The van der Waals surface area contributed by atoms with Crippen LogP contribution in [0, 0.1) is 5.92 Å². The van der Waals surface area contributed by atoms with Gasteiger partial charge in [0.25, 0.3) is 0 Å². The summed E-state index contributed by atoms with van der Waals surface area (Å²) in [5.74, 6) is -0.299. The zero-order chi connectivity index (χ0) is 18.7. The van der Waals surface area contributed by atoms with Gasteiger partial charge in [-0.15, -0.1) is 0 Å². The largest absolute Gasteiger partial charge is 0.416 e. The number of nitrogens with one attached hydrogen (secondary N) is 1. The van der Waals surface area contributed by atoms with Gasteiger partial charge in [-0.3, -0.25) is 4.79 Å². The first kappa shape index (κ1) is 19.7. The van der Waals surface area contributed by atoms with Crippen LogP contribution >= 0.6 is 0 Å². The van der Waals surface area contributed by atoms with E-state index < -0.39 is 23.2 Å². The SMILES string of the molecule is CC(C)[C@H](N)C(=O)NCC1(c2cccc(C(F)(F)F)c2)CCOCC1. The van der Waals surface area contributed by atoms with E-state index in [-0.39, 0.29) is 18.4 Å². The molecule has 0 radical (unpaired) electrons. The Labute approximate surface area is 145 Å². The molecule has 1 aromatic carbocycles. The predicted molar refractivity (Wildman–Crippen MR) is 89.0 cm³/mol. The highest BCUT2D eigenvalue weighted by molar-refractivity contribution is 5.81. The number of carbonyl (C=O) groups is 1. The maximum absolute atomic E-state index is 13.1. The molecule has 4 nitrogen and oxygen atoms in total. The minimum atomic E-state index is -4.40. The number of hydrogen-bond donors (Lipinski definition) is 2. The molecule has 1 fully saturated rings. The summed E-state index contributed by atoms with van der Waals surface area (Å²) < 4.78 is 44.5. The lowest BCUT2D eigenvalue weighted by Gasteiger charge is -2.38. The molecule has 3 N–H and O–H groups in total. The Bertz CT molecular complexity index is 596. The molecular formula is C18H25F3N2O2. The molecular weight excluding hydrogens is 333 g/mol. The maximum Gasteiger partial charge on any atom is 0.416 e. The standard InChI is InChI=1S/C18H25F3N2O2/c1-12(2)15(22)16(24)23-11-17(6-8-25-9-7-17)13-4-3-5-14(10-13)18(19,20)21/h3-5,10,12,15H,6-9,11,22H2,1-2H3,(H,23,24)/t15-/m0/s1. The highest BCUT2D eigenvalue weighted by Gasteiger charge is 2.38. The third kappa shape index (κ3) is 4.73. The molecule has 1 aliphatic heterocycles. The smallest absolute Gasteiger partial charge is 0.381 e. The molecule has 2 rings (SSSR count). The number of nitrogens with two attached hydrogens (primary N) is 1. The highest BCUT2D eigenvalue weighted by Crippen LogP contribution is 2.37. The lowest BCUT2D eigenvalue weighted by molar-refractivity contribution is -0.137. The number of amides is 1. The van der Waals surface area contributed by atoms with Gasteiger partial charge in [-0.25, -0.2) is 0 Å². The van der Waals surface area contributed by atoms with Crippen LogP contribution in [0.3, 0.4) is 0 Å². The van der Waals surface area contributed by atoms with Crippen molar-refractivity contribution in [1.29, 1.82) is 0 Å². The molecule has 1 amide bonds. The molecule has 1 aromatic rings. The van der Waals surface area contributed by atoms with Gasteiger partial charge >= 0.3 is 6.18 Å². The van der Waals surface area contributed by atoms with Crippen LogP contribution in [0.2, 0.25) is 0 Å². The molecule has 1 aliphatic rings. The van der Waals surface area contributed by atoms with Crippen molar-refractivity contribution in [2.45, 2.75) is 44.3 Å². The van der Waals surface area contributed by atoms with Crippen LogP contribution in [-0.2, 0) is 21.1 Å². The number of carbonyl (C=O) groups excluding carboxylic acids is 1. The van der Waals surface area contributed by atoms with Crippen LogP contribution < -0.4 is 11.1 Å². The van der Waals surface area contributed by atoms with Crippen LogP contribution in [0.4, 0.5) is 13.2 Å². The molecule has 1 saturated heterocycles. The number of hydrogen-bond acceptors (Lipinski definition) is 3. The van der Waals surface area contributed by atoms with Crippen LogP contribution in [0.15, 0.2) is 24.3 Å². The Morgan fingerprint density at radius 3 is 2.52 bits per heavy atom. The summed E-state index contributed by atoms with van der Waals surface area (Å²) in [6.07, 6.45) is -3.30. The van der Waals surface area contributed by atoms with Crippen molar-refractivity contribution >= 4 is 5.91 Å². The number of rotatable bonds is 5.